The first-order chi connectivity index (χ1) is 18.7. The van der Waals surface area contributed by atoms with Crippen LogP contribution >= 0.6 is 0 Å². The van der Waals surface area contributed by atoms with E-state index in [4.69, 9.17) is 4.74 Å². The zero-order chi connectivity index (χ0) is 28.4. The van der Waals surface area contributed by atoms with Crippen molar-refractivity contribution >= 4 is 11.7 Å². The Balaban J connectivity index is 1.77. The van der Waals surface area contributed by atoms with Crippen molar-refractivity contribution in [2.75, 3.05) is 13.7 Å². The molecule has 1 amide bonds. The molecule has 0 saturated carbocycles. The quantitative estimate of drug-likeness (QED) is 0.247. The van der Waals surface area contributed by atoms with Crippen LogP contribution in [0.15, 0.2) is 60.7 Å². The molecule has 0 bridgehead atoms. The number of hydrogen-bond donors (Lipinski definition) is 3. The fraction of sp³-hybridized carbons (Fsp3) is 0.355. The van der Waals surface area contributed by atoms with Gasteiger partial charge in [-0.2, -0.15) is 0 Å². The lowest BCUT2D eigenvalue weighted by Gasteiger charge is -2.25. The lowest BCUT2D eigenvalue weighted by molar-refractivity contribution is 0.0829. The van der Waals surface area contributed by atoms with Crippen molar-refractivity contribution in [1.29, 1.82) is 0 Å². The summed E-state index contributed by atoms with van der Waals surface area (Å²) in [6, 6.07) is 14.7. The zero-order valence-corrected chi connectivity index (χ0v) is 22.6. The molecule has 8 heteroatoms. The number of aliphatic hydroxyl groups excluding tert-OH is 1. The second-order valence-corrected chi connectivity index (χ2v) is 9.73. The Morgan fingerprint density at radius 1 is 0.974 bits per heavy atom. The fourth-order valence-electron chi connectivity index (χ4n) is 4.36. The van der Waals surface area contributed by atoms with Crippen molar-refractivity contribution in [1.82, 2.24) is 10.6 Å². The molecule has 0 spiro atoms. The topological polar surface area (TPSA) is 87.7 Å². The highest BCUT2D eigenvalue weighted by Crippen LogP contribution is 2.16. The molecule has 6 nitrogen and oxygen atoms in total. The number of ketones is 1. The summed E-state index contributed by atoms with van der Waals surface area (Å²) in [4.78, 5) is 25.9. The summed E-state index contributed by atoms with van der Waals surface area (Å²) in [7, 11) is 1.58. The zero-order valence-electron chi connectivity index (χ0n) is 22.6. The predicted molar refractivity (Wildman–Crippen MR) is 147 cm³/mol. The van der Waals surface area contributed by atoms with E-state index in [2.05, 4.69) is 10.6 Å². The van der Waals surface area contributed by atoms with E-state index in [1.165, 1.54) is 12.1 Å². The van der Waals surface area contributed by atoms with E-state index in [9.17, 15) is 23.5 Å². The van der Waals surface area contributed by atoms with E-state index in [0.29, 0.717) is 29.8 Å². The molecule has 0 aliphatic carbocycles. The van der Waals surface area contributed by atoms with Gasteiger partial charge in [-0.25, -0.2) is 8.78 Å². The van der Waals surface area contributed by atoms with Crippen LogP contribution in [0.3, 0.4) is 0 Å². The number of aryl methyl sites for hydroxylation is 1. The Morgan fingerprint density at radius 3 is 2.38 bits per heavy atom. The number of rotatable bonds is 14. The Kier molecular flexibility index (Phi) is 11.1. The molecule has 0 radical (unpaired) electrons. The minimum Gasteiger partial charge on any atom is -0.497 e. The summed E-state index contributed by atoms with van der Waals surface area (Å²) in [5.74, 6) is -1.30. The number of ether oxygens (including phenoxy) is 1. The number of benzene rings is 3. The average Bonchev–Trinajstić information content (AvgIpc) is 2.90. The van der Waals surface area contributed by atoms with Gasteiger partial charge in [-0.05, 0) is 78.9 Å². The van der Waals surface area contributed by atoms with Crippen molar-refractivity contribution in [3.63, 3.8) is 0 Å². The lowest BCUT2D eigenvalue weighted by atomic mass is 9.98. The first-order valence-corrected chi connectivity index (χ1v) is 13.1. The lowest BCUT2D eigenvalue weighted by Crippen LogP contribution is -2.48. The van der Waals surface area contributed by atoms with Crippen LogP contribution in [0.5, 0.6) is 5.75 Å². The van der Waals surface area contributed by atoms with Crippen molar-refractivity contribution in [3.05, 3.63) is 100 Å². The standard InChI is InChI=1S/C31H36F2N2O4/c1-4-5-9-29(36)23-10-20(2)11-24(16-23)31(38)35-28(15-22-12-25(32)17-26(33)13-22)30(37)19-34-18-21-7-6-8-27(14-21)39-3/h6-8,10-14,16-17,28,30,34,37H,4-5,9,15,18-19H2,1-3H3,(H,35,38). The first-order valence-electron chi connectivity index (χ1n) is 13.1. The molecular formula is C31H36F2N2O4. The van der Waals surface area contributed by atoms with Crippen molar-refractivity contribution < 1.29 is 28.2 Å². The molecule has 3 aromatic rings. The van der Waals surface area contributed by atoms with Crippen molar-refractivity contribution in [2.45, 2.75) is 58.2 Å². The van der Waals surface area contributed by atoms with Gasteiger partial charge in [-0.15, -0.1) is 0 Å². The molecule has 2 unspecified atom stereocenters. The Labute approximate surface area is 228 Å². The van der Waals surface area contributed by atoms with Gasteiger partial charge in [-0.1, -0.05) is 25.5 Å². The highest BCUT2D eigenvalue weighted by atomic mass is 19.1. The highest BCUT2D eigenvalue weighted by molar-refractivity contribution is 6.01. The van der Waals surface area contributed by atoms with Gasteiger partial charge in [-0.3, -0.25) is 9.59 Å². The summed E-state index contributed by atoms with van der Waals surface area (Å²) >= 11 is 0. The van der Waals surface area contributed by atoms with E-state index >= 15 is 0 Å². The number of hydrogen-bond acceptors (Lipinski definition) is 5. The number of aliphatic hydroxyl groups is 1. The molecule has 39 heavy (non-hydrogen) atoms. The van der Waals surface area contributed by atoms with E-state index in [1.54, 1.807) is 32.2 Å². The molecule has 2 atom stereocenters. The summed E-state index contributed by atoms with van der Waals surface area (Å²) in [6.45, 7) is 4.35. The number of carbonyl (C=O) groups excluding carboxylic acids is 2. The molecular weight excluding hydrogens is 502 g/mol. The molecule has 0 aromatic heterocycles. The number of Topliss-reactive ketones (excluding diaryl/α,β-unsaturated/α-hetero) is 1. The van der Waals surface area contributed by atoms with E-state index in [0.717, 1.165) is 30.0 Å². The van der Waals surface area contributed by atoms with Crippen molar-refractivity contribution in [2.24, 2.45) is 0 Å². The second kappa shape index (κ2) is 14.5. The van der Waals surface area contributed by atoms with Crippen LogP contribution in [-0.4, -0.2) is 42.6 Å². The van der Waals surface area contributed by atoms with E-state index in [1.807, 2.05) is 31.2 Å². The largest absolute Gasteiger partial charge is 0.497 e. The second-order valence-electron chi connectivity index (χ2n) is 9.73. The third kappa shape index (κ3) is 9.26. The van der Waals surface area contributed by atoms with Crippen LogP contribution in [0.4, 0.5) is 8.78 Å². The smallest absolute Gasteiger partial charge is 0.251 e. The van der Waals surface area contributed by atoms with Crippen molar-refractivity contribution in [3.8, 4) is 5.75 Å². The maximum Gasteiger partial charge on any atom is 0.251 e. The van der Waals surface area contributed by atoms with E-state index < -0.39 is 29.7 Å². The molecule has 3 aromatic carbocycles. The number of amides is 1. The highest BCUT2D eigenvalue weighted by Gasteiger charge is 2.24. The summed E-state index contributed by atoms with van der Waals surface area (Å²) in [5.41, 5.74) is 2.73. The molecule has 0 aliphatic rings. The van der Waals surface area contributed by atoms with Gasteiger partial charge in [0.05, 0.1) is 19.3 Å². The average molecular weight is 539 g/mol. The number of nitrogens with one attached hydrogen (secondary N) is 2. The summed E-state index contributed by atoms with van der Waals surface area (Å²) < 4.78 is 33.0. The minimum atomic E-state index is -1.08. The molecule has 3 rings (SSSR count). The molecule has 0 heterocycles. The fourth-order valence-corrected chi connectivity index (χ4v) is 4.36. The van der Waals surface area contributed by atoms with Gasteiger partial charge in [0.15, 0.2) is 5.78 Å². The third-order valence-corrected chi connectivity index (χ3v) is 6.39. The van der Waals surface area contributed by atoms with Gasteiger partial charge >= 0.3 is 0 Å². The minimum absolute atomic E-state index is 0.00344. The Hall–Kier alpha value is -3.62. The van der Waals surface area contributed by atoms with Gasteiger partial charge in [0.2, 0.25) is 0 Å². The molecule has 0 aliphatic heterocycles. The Morgan fingerprint density at radius 2 is 1.69 bits per heavy atom. The SMILES string of the molecule is CCCCC(=O)c1cc(C)cc(C(=O)NC(Cc2cc(F)cc(F)c2)C(O)CNCc2cccc(OC)c2)c1. The molecule has 3 N–H and O–H groups in total. The molecule has 208 valence electrons. The number of methoxy groups -OCH3 is 1. The van der Waals surface area contributed by atoms with Crippen LogP contribution in [-0.2, 0) is 13.0 Å². The predicted octanol–water partition coefficient (Wildman–Crippen LogP) is 5.15. The van der Waals surface area contributed by atoms with Crippen LogP contribution in [0.25, 0.3) is 0 Å². The van der Waals surface area contributed by atoms with E-state index in [-0.39, 0.29) is 24.3 Å². The molecule has 0 saturated heterocycles. The van der Waals surface area contributed by atoms with Gasteiger partial charge < -0.3 is 20.5 Å². The van der Waals surface area contributed by atoms with Crippen LogP contribution in [0.2, 0.25) is 0 Å². The Bertz CT molecular complexity index is 1260. The first kappa shape index (κ1) is 29.9. The number of carbonyl (C=O) groups is 2. The van der Waals surface area contributed by atoms with Gasteiger partial charge in [0.25, 0.3) is 5.91 Å². The monoisotopic (exact) mass is 538 g/mol. The summed E-state index contributed by atoms with van der Waals surface area (Å²) in [6.07, 6.45) is 0.955. The van der Waals surface area contributed by atoms with Crippen LogP contribution < -0.4 is 15.4 Å². The van der Waals surface area contributed by atoms with Crippen LogP contribution in [0, 0.1) is 18.6 Å². The maximum absolute atomic E-state index is 13.9. The molecule has 0 fully saturated rings. The number of halogens is 2. The normalized spacial score (nSPS) is 12.6. The summed E-state index contributed by atoms with van der Waals surface area (Å²) in [5, 5.41) is 17.0. The van der Waals surface area contributed by atoms with Crippen LogP contribution in [0.1, 0.15) is 63.6 Å². The third-order valence-electron chi connectivity index (χ3n) is 6.39. The maximum atomic E-state index is 13.9. The van der Waals surface area contributed by atoms with Gasteiger partial charge in [0.1, 0.15) is 17.4 Å². The number of unbranched alkanes of at least 4 members (excludes halogenated alkanes) is 1. The van der Waals surface area contributed by atoms with Gasteiger partial charge in [0, 0.05) is 36.7 Å².